The molecule has 0 spiro atoms. The van der Waals surface area contributed by atoms with Crippen molar-refractivity contribution in [2.24, 2.45) is 5.10 Å². The molecular weight excluding hydrogens is 326 g/mol. The summed E-state index contributed by atoms with van der Waals surface area (Å²) in [6.07, 6.45) is 1.99. The van der Waals surface area contributed by atoms with Crippen molar-refractivity contribution in [1.82, 2.24) is 5.43 Å². The van der Waals surface area contributed by atoms with Gasteiger partial charge in [-0.15, -0.1) is 0 Å². The lowest BCUT2D eigenvalue weighted by atomic mass is 10.1. The van der Waals surface area contributed by atoms with Gasteiger partial charge in [0.25, 0.3) is 0 Å². The van der Waals surface area contributed by atoms with E-state index in [1.54, 1.807) is 24.3 Å². The first-order chi connectivity index (χ1) is 11.6. The molecule has 0 aliphatic heterocycles. The maximum atomic E-state index is 11.9. The predicted octanol–water partition coefficient (Wildman–Crippen LogP) is 3.38. The van der Waals surface area contributed by atoms with E-state index in [-0.39, 0.29) is 12.3 Å². The molecular formula is C18H18ClN3O2. The highest BCUT2D eigenvalue weighted by molar-refractivity contribution is 6.30. The third-order valence-electron chi connectivity index (χ3n) is 3.27. The number of hydrazone groups is 1. The van der Waals surface area contributed by atoms with Gasteiger partial charge >= 0.3 is 0 Å². The molecule has 0 saturated carbocycles. The summed E-state index contributed by atoms with van der Waals surface area (Å²) < 4.78 is 0. The SMILES string of the molecule is CCc1ccccc1NC(=O)CC(=O)NN=Cc1ccc(Cl)cc1. The number of para-hydroxylation sites is 1. The molecule has 2 aromatic rings. The molecule has 0 radical (unpaired) electrons. The van der Waals surface area contributed by atoms with E-state index in [0.29, 0.717) is 5.02 Å². The van der Waals surface area contributed by atoms with Gasteiger partial charge in [0.05, 0.1) is 6.21 Å². The second kappa shape index (κ2) is 8.84. The highest BCUT2D eigenvalue weighted by Crippen LogP contribution is 2.15. The van der Waals surface area contributed by atoms with Gasteiger partial charge in [-0.25, -0.2) is 5.43 Å². The Bertz CT molecular complexity index is 742. The van der Waals surface area contributed by atoms with Gasteiger partial charge in [-0.05, 0) is 35.7 Å². The van der Waals surface area contributed by atoms with Gasteiger partial charge in [0, 0.05) is 10.7 Å². The number of carbonyl (C=O) groups is 2. The monoisotopic (exact) mass is 343 g/mol. The molecule has 0 bridgehead atoms. The summed E-state index contributed by atoms with van der Waals surface area (Å²) in [5.41, 5.74) is 4.87. The van der Waals surface area contributed by atoms with Crippen LogP contribution in [0.5, 0.6) is 0 Å². The van der Waals surface area contributed by atoms with Crippen molar-refractivity contribution in [3.8, 4) is 0 Å². The normalized spacial score (nSPS) is 10.6. The fourth-order valence-electron chi connectivity index (χ4n) is 2.06. The summed E-state index contributed by atoms with van der Waals surface area (Å²) in [6, 6.07) is 14.5. The second-order valence-corrected chi connectivity index (χ2v) is 5.52. The van der Waals surface area contributed by atoms with Crippen LogP contribution < -0.4 is 10.7 Å². The molecule has 2 amide bonds. The lowest BCUT2D eigenvalue weighted by Crippen LogP contribution is -2.25. The van der Waals surface area contributed by atoms with Crippen molar-refractivity contribution < 1.29 is 9.59 Å². The zero-order valence-corrected chi connectivity index (χ0v) is 14.0. The van der Waals surface area contributed by atoms with Crippen LogP contribution in [0.2, 0.25) is 5.02 Å². The van der Waals surface area contributed by atoms with Gasteiger partial charge < -0.3 is 5.32 Å². The largest absolute Gasteiger partial charge is 0.325 e. The Kier molecular flexibility index (Phi) is 6.51. The standard InChI is InChI=1S/C18H18ClN3O2/c1-2-14-5-3-4-6-16(14)21-17(23)11-18(24)22-20-12-13-7-9-15(19)10-8-13/h3-10,12H,2,11H2,1H3,(H,21,23)(H,22,24). The number of aryl methyl sites for hydroxylation is 1. The van der Waals surface area contributed by atoms with Crippen LogP contribution in [0.1, 0.15) is 24.5 Å². The smallest absolute Gasteiger partial charge is 0.249 e. The summed E-state index contributed by atoms with van der Waals surface area (Å²) in [5, 5.41) is 7.18. The van der Waals surface area contributed by atoms with Gasteiger partial charge in [0.15, 0.2) is 0 Å². The summed E-state index contributed by atoms with van der Waals surface area (Å²) >= 11 is 5.78. The molecule has 0 heterocycles. The van der Waals surface area contributed by atoms with Gasteiger partial charge in [-0.2, -0.15) is 5.10 Å². The fraction of sp³-hybridized carbons (Fsp3) is 0.167. The summed E-state index contributed by atoms with van der Waals surface area (Å²) in [6.45, 7) is 2.00. The minimum atomic E-state index is -0.480. The Morgan fingerprint density at radius 3 is 2.50 bits per heavy atom. The summed E-state index contributed by atoms with van der Waals surface area (Å²) in [5.74, 6) is -0.859. The lowest BCUT2D eigenvalue weighted by molar-refractivity contribution is -0.126. The minimum absolute atomic E-state index is 0.296. The summed E-state index contributed by atoms with van der Waals surface area (Å²) in [7, 11) is 0. The highest BCUT2D eigenvalue weighted by Gasteiger charge is 2.10. The van der Waals surface area contributed by atoms with E-state index in [1.165, 1.54) is 6.21 Å². The molecule has 0 aromatic heterocycles. The molecule has 0 unspecified atom stereocenters. The van der Waals surface area contributed by atoms with Crippen LogP contribution in [0.15, 0.2) is 53.6 Å². The lowest BCUT2D eigenvalue weighted by Gasteiger charge is -2.09. The van der Waals surface area contributed by atoms with Crippen LogP contribution in [0.4, 0.5) is 5.69 Å². The van der Waals surface area contributed by atoms with Crippen molar-refractivity contribution in [2.75, 3.05) is 5.32 Å². The van der Waals surface area contributed by atoms with E-state index in [9.17, 15) is 9.59 Å². The van der Waals surface area contributed by atoms with Crippen molar-refractivity contribution in [3.63, 3.8) is 0 Å². The quantitative estimate of drug-likeness (QED) is 0.479. The number of anilines is 1. The van der Waals surface area contributed by atoms with Crippen LogP contribution in [0, 0.1) is 0 Å². The number of rotatable bonds is 6. The Balaban J connectivity index is 1.83. The molecule has 0 atom stereocenters. The van der Waals surface area contributed by atoms with Crippen molar-refractivity contribution >= 4 is 35.3 Å². The van der Waals surface area contributed by atoms with Crippen LogP contribution >= 0.6 is 11.6 Å². The van der Waals surface area contributed by atoms with Gasteiger partial charge in [-0.3, -0.25) is 9.59 Å². The average molecular weight is 344 g/mol. The third kappa shape index (κ3) is 5.52. The molecule has 0 aliphatic rings. The second-order valence-electron chi connectivity index (χ2n) is 5.08. The van der Waals surface area contributed by atoms with Crippen molar-refractivity contribution in [3.05, 3.63) is 64.7 Å². The highest BCUT2D eigenvalue weighted by atomic mass is 35.5. The first kappa shape index (κ1) is 17.7. The number of amides is 2. The Morgan fingerprint density at radius 2 is 1.79 bits per heavy atom. The summed E-state index contributed by atoms with van der Waals surface area (Å²) in [4.78, 5) is 23.7. The number of nitrogens with zero attached hydrogens (tertiary/aromatic N) is 1. The number of carbonyl (C=O) groups excluding carboxylic acids is 2. The minimum Gasteiger partial charge on any atom is -0.325 e. The third-order valence-corrected chi connectivity index (χ3v) is 3.52. The number of nitrogens with one attached hydrogen (secondary N) is 2. The maximum Gasteiger partial charge on any atom is 0.249 e. The van der Waals surface area contributed by atoms with Crippen molar-refractivity contribution in [2.45, 2.75) is 19.8 Å². The Labute approximate surface area is 145 Å². The molecule has 0 saturated heterocycles. The number of benzene rings is 2. The first-order valence-corrected chi connectivity index (χ1v) is 7.91. The number of hydrogen-bond acceptors (Lipinski definition) is 3. The van der Waals surface area contributed by atoms with E-state index >= 15 is 0 Å². The van der Waals surface area contributed by atoms with Gasteiger partial charge in [-0.1, -0.05) is 48.9 Å². The molecule has 2 N–H and O–H groups in total. The van der Waals surface area contributed by atoms with E-state index < -0.39 is 5.91 Å². The Hall–Kier alpha value is -2.66. The molecule has 5 nitrogen and oxygen atoms in total. The zero-order chi connectivity index (χ0) is 17.4. The zero-order valence-electron chi connectivity index (χ0n) is 13.3. The van der Waals surface area contributed by atoms with E-state index in [4.69, 9.17) is 11.6 Å². The number of halogens is 1. The Morgan fingerprint density at radius 1 is 1.08 bits per heavy atom. The van der Waals surface area contributed by atoms with Gasteiger partial charge in [0.2, 0.25) is 11.8 Å². The molecule has 0 fully saturated rings. The molecule has 24 heavy (non-hydrogen) atoms. The van der Waals surface area contributed by atoms with Crippen LogP contribution in [0.3, 0.4) is 0 Å². The van der Waals surface area contributed by atoms with E-state index in [1.807, 2.05) is 31.2 Å². The van der Waals surface area contributed by atoms with Crippen LogP contribution in [-0.2, 0) is 16.0 Å². The molecule has 2 rings (SSSR count). The van der Waals surface area contributed by atoms with Crippen LogP contribution in [-0.4, -0.2) is 18.0 Å². The topological polar surface area (TPSA) is 70.6 Å². The molecule has 124 valence electrons. The maximum absolute atomic E-state index is 11.9. The average Bonchev–Trinajstić information content (AvgIpc) is 2.57. The first-order valence-electron chi connectivity index (χ1n) is 7.53. The fourth-order valence-corrected chi connectivity index (χ4v) is 2.18. The predicted molar refractivity (Wildman–Crippen MR) is 96.3 cm³/mol. The van der Waals surface area contributed by atoms with E-state index in [2.05, 4.69) is 15.8 Å². The van der Waals surface area contributed by atoms with Crippen molar-refractivity contribution in [1.29, 1.82) is 0 Å². The molecule has 0 aliphatic carbocycles. The molecule has 6 heteroatoms. The van der Waals surface area contributed by atoms with E-state index in [0.717, 1.165) is 23.2 Å². The number of hydrogen-bond donors (Lipinski definition) is 2. The molecule has 2 aromatic carbocycles. The van der Waals surface area contributed by atoms with Crippen LogP contribution in [0.25, 0.3) is 0 Å². The van der Waals surface area contributed by atoms with Gasteiger partial charge in [0.1, 0.15) is 6.42 Å².